The van der Waals surface area contributed by atoms with Crippen molar-refractivity contribution in [3.8, 4) is 28.4 Å². The largest absolute Gasteiger partial charge is 0.493 e. The van der Waals surface area contributed by atoms with Crippen LogP contribution in [0.3, 0.4) is 0 Å². The first-order valence-corrected chi connectivity index (χ1v) is 10.7. The lowest BCUT2D eigenvalue weighted by molar-refractivity contribution is 0.104. The van der Waals surface area contributed by atoms with Crippen molar-refractivity contribution in [2.45, 2.75) is 52.2 Å². The van der Waals surface area contributed by atoms with Crippen molar-refractivity contribution < 1.29 is 19.0 Å². The van der Waals surface area contributed by atoms with Gasteiger partial charge in [0.15, 0.2) is 5.78 Å². The molecular weight excluding hydrogens is 366 g/mol. The molecule has 1 fully saturated rings. The number of rotatable bonds is 8. The van der Waals surface area contributed by atoms with E-state index in [1.54, 1.807) is 0 Å². The zero-order chi connectivity index (χ0) is 20.4. The van der Waals surface area contributed by atoms with E-state index in [9.17, 15) is 4.79 Å². The Bertz CT molecular complexity index is 902. The van der Waals surface area contributed by atoms with Crippen molar-refractivity contribution in [2.75, 3.05) is 19.8 Å². The zero-order valence-electron chi connectivity index (χ0n) is 17.4. The lowest BCUT2D eigenvalue weighted by Gasteiger charge is -2.23. The highest BCUT2D eigenvalue weighted by Crippen LogP contribution is 2.49. The number of benzene rings is 2. The van der Waals surface area contributed by atoms with E-state index >= 15 is 0 Å². The Morgan fingerprint density at radius 2 is 1.93 bits per heavy atom. The number of hydrogen-bond acceptors (Lipinski definition) is 5. The van der Waals surface area contributed by atoms with E-state index in [0.717, 1.165) is 36.3 Å². The predicted molar refractivity (Wildman–Crippen MR) is 113 cm³/mol. The van der Waals surface area contributed by atoms with Crippen molar-refractivity contribution in [3.63, 3.8) is 0 Å². The molecule has 0 spiro atoms. The fourth-order valence-corrected chi connectivity index (χ4v) is 4.22. The number of ether oxygens (including phenoxy) is 3. The summed E-state index contributed by atoms with van der Waals surface area (Å²) in [5.41, 5.74) is 2.94. The van der Waals surface area contributed by atoms with E-state index in [1.165, 1.54) is 6.42 Å². The Morgan fingerprint density at radius 3 is 2.66 bits per heavy atom. The SMILES string of the molecule is CCCOc1cc(OCC)c2c(c1)C(=O)c1cccc(OC(C)C3CCCN3)c1-2. The highest BCUT2D eigenvalue weighted by atomic mass is 16.5. The normalized spacial score (nSPS) is 18.3. The summed E-state index contributed by atoms with van der Waals surface area (Å²) < 4.78 is 18.1. The van der Waals surface area contributed by atoms with Gasteiger partial charge in [0.05, 0.1) is 13.2 Å². The van der Waals surface area contributed by atoms with Crippen LogP contribution in [0.25, 0.3) is 11.1 Å². The van der Waals surface area contributed by atoms with Crippen molar-refractivity contribution in [2.24, 2.45) is 0 Å². The molecule has 2 aliphatic rings. The van der Waals surface area contributed by atoms with Crippen LogP contribution < -0.4 is 19.5 Å². The maximum absolute atomic E-state index is 13.2. The minimum absolute atomic E-state index is 0.00463. The Hall–Kier alpha value is -2.53. The fourth-order valence-electron chi connectivity index (χ4n) is 4.22. The van der Waals surface area contributed by atoms with E-state index in [0.29, 0.717) is 41.9 Å². The predicted octanol–water partition coefficient (Wildman–Crippen LogP) is 4.60. The summed E-state index contributed by atoms with van der Waals surface area (Å²) in [4.78, 5) is 13.2. The van der Waals surface area contributed by atoms with Gasteiger partial charge in [-0.3, -0.25) is 4.79 Å². The minimum atomic E-state index is -0.00463. The van der Waals surface area contributed by atoms with Crippen LogP contribution in [0.5, 0.6) is 17.2 Å². The maximum atomic E-state index is 13.2. The molecule has 29 heavy (non-hydrogen) atoms. The summed E-state index contributed by atoms with van der Waals surface area (Å²) in [6, 6.07) is 9.76. The average molecular weight is 395 g/mol. The summed E-state index contributed by atoms with van der Waals surface area (Å²) in [6.07, 6.45) is 3.20. The molecule has 4 rings (SSSR count). The van der Waals surface area contributed by atoms with Crippen molar-refractivity contribution in [3.05, 3.63) is 41.5 Å². The van der Waals surface area contributed by atoms with Gasteiger partial charge in [-0.05, 0) is 51.8 Å². The van der Waals surface area contributed by atoms with Crippen LogP contribution in [-0.4, -0.2) is 37.7 Å². The van der Waals surface area contributed by atoms with E-state index < -0.39 is 0 Å². The van der Waals surface area contributed by atoms with Gasteiger partial charge in [-0.2, -0.15) is 0 Å². The molecular formula is C24H29NO4. The Balaban J connectivity index is 1.76. The topological polar surface area (TPSA) is 56.8 Å². The van der Waals surface area contributed by atoms with E-state index in [1.807, 2.05) is 37.3 Å². The molecule has 2 aromatic rings. The molecule has 0 amide bonds. The summed E-state index contributed by atoms with van der Waals surface area (Å²) in [5.74, 6) is 2.07. The first kappa shape index (κ1) is 19.8. The number of hydrogen-bond donors (Lipinski definition) is 1. The van der Waals surface area contributed by atoms with Crippen LogP contribution in [0.15, 0.2) is 30.3 Å². The van der Waals surface area contributed by atoms with Crippen molar-refractivity contribution >= 4 is 5.78 Å². The first-order valence-electron chi connectivity index (χ1n) is 10.7. The lowest BCUT2D eigenvalue weighted by Crippen LogP contribution is -2.36. The van der Waals surface area contributed by atoms with Crippen molar-refractivity contribution in [1.29, 1.82) is 0 Å². The molecule has 1 saturated heterocycles. The highest BCUT2D eigenvalue weighted by Gasteiger charge is 2.34. The van der Waals surface area contributed by atoms with Gasteiger partial charge in [0.2, 0.25) is 0 Å². The van der Waals surface area contributed by atoms with Crippen LogP contribution >= 0.6 is 0 Å². The molecule has 2 unspecified atom stereocenters. The van der Waals surface area contributed by atoms with Gasteiger partial charge in [0.1, 0.15) is 23.4 Å². The van der Waals surface area contributed by atoms with Crippen LogP contribution in [0, 0.1) is 0 Å². The van der Waals surface area contributed by atoms with Crippen LogP contribution in [0.1, 0.15) is 56.0 Å². The monoisotopic (exact) mass is 395 g/mol. The van der Waals surface area contributed by atoms with Crippen LogP contribution in [0.2, 0.25) is 0 Å². The first-order chi connectivity index (χ1) is 14.1. The van der Waals surface area contributed by atoms with Gasteiger partial charge in [-0.1, -0.05) is 19.1 Å². The molecule has 1 aliphatic heterocycles. The molecule has 0 aromatic heterocycles. The molecule has 154 valence electrons. The van der Waals surface area contributed by atoms with E-state index in [4.69, 9.17) is 14.2 Å². The van der Waals surface area contributed by atoms with Gasteiger partial charge in [-0.25, -0.2) is 0 Å². The Morgan fingerprint density at radius 1 is 1.10 bits per heavy atom. The molecule has 2 atom stereocenters. The number of nitrogens with one attached hydrogen (secondary N) is 1. The smallest absolute Gasteiger partial charge is 0.194 e. The van der Waals surface area contributed by atoms with Gasteiger partial charge < -0.3 is 19.5 Å². The molecule has 1 N–H and O–H groups in total. The molecule has 1 aliphatic carbocycles. The van der Waals surface area contributed by atoms with Gasteiger partial charge >= 0.3 is 0 Å². The fraction of sp³-hybridized carbons (Fsp3) is 0.458. The second-order valence-electron chi connectivity index (χ2n) is 7.66. The standard InChI is InChI=1S/C24H29NO4/c1-4-12-28-16-13-18-23(21(14-16)27-5-2)22-17(24(18)26)8-6-10-20(22)29-15(3)19-9-7-11-25-19/h6,8,10,13-15,19,25H,4-5,7,9,11-12H2,1-3H3. The number of carbonyl (C=O) groups is 1. The highest BCUT2D eigenvalue weighted by molar-refractivity contribution is 6.23. The maximum Gasteiger partial charge on any atom is 0.194 e. The lowest BCUT2D eigenvalue weighted by atomic mass is 10.0. The number of ketones is 1. The van der Waals surface area contributed by atoms with Gasteiger partial charge in [0, 0.05) is 34.4 Å². The summed E-state index contributed by atoms with van der Waals surface area (Å²) in [6.45, 7) is 8.24. The van der Waals surface area contributed by atoms with Crippen molar-refractivity contribution in [1.82, 2.24) is 5.32 Å². The second kappa shape index (κ2) is 8.46. The molecule has 5 heteroatoms. The minimum Gasteiger partial charge on any atom is -0.493 e. The third kappa shape index (κ3) is 3.71. The quantitative estimate of drug-likeness (QED) is 0.604. The van der Waals surface area contributed by atoms with E-state index in [2.05, 4.69) is 19.2 Å². The van der Waals surface area contributed by atoms with Gasteiger partial charge in [-0.15, -0.1) is 0 Å². The molecule has 5 nitrogen and oxygen atoms in total. The summed E-state index contributed by atoms with van der Waals surface area (Å²) in [5, 5.41) is 3.50. The van der Waals surface area contributed by atoms with E-state index in [-0.39, 0.29) is 11.9 Å². The third-order valence-corrected chi connectivity index (χ3v) is 5.59. The summed E-state index contributed by atoms with van der Waals surface area (Å²) >= 11 is 0. The van der Waals surface area contributed by atoms with Crippen LogP contribution in [-0.2, 0) is 0 Å². The molecule has 0 saturated carbocycles. The Labute approximate surface area is 172 Å². The Kier molecular flexibility index (Phi) is 5.76. The molecule has 0 bridgehead atoms. The molecule has 2 aromatic carbocycles. The second-order valence-corrected chi connectivity index (χ2v) is 7.66. The number of fused-ring (bicyclic) bond motifs is 3. The average Bonchev–Trinajstić information content (AvgIpc) is 3.35. The van der Waals surface area contributed by atoms with Crippen LogP contribution in [0.4, 0.5) is 0 Å². The third-order valence-electron chi connectivity index (χ3n) is 5.59. The molecule has 0 radical (unpaired) electrons. The summed E-state index contributed by atoms with van der Waals surface area (Å²) in [7, 11) is 0. The number of carbonyl (C=O) groups excluding carboxylic acids is 1. The van der Waals surface area contributed by atoms with Gasteiger partial charge in [0.25, 0.3) is 0 Å². The zero-order valence-corrected chi connectivity index (χ0v) is 17.4. The molecule has 1 heterocycles.